The third-order valence-corrected chi connectivity index (χ3v) is 5.57. The van der Waals surface area contributed by atoms with Gasteiger partial charge < -0.3 is 15.3 Å². The number of amides is 2. The van der Waals surface area contributed by atoms with Crippen LogP contribution < -0.4 is 5.32 Å². The van der Waals surface area contributed by atoms with Gasteiger partial charge in [0.05, 0.1) is 12.1 Å². The van der Waals surface area contributed by atoms with Crippen LogP contribution in [-0.4, -0.2) is 59.8 Å². The number of carbonyl (C=O) groups excluding carboxylic acids is 1. The van der Waals surface area contributed by atoms with Crippen LogP contribution in [0.2, 0.25) is 0 Å². The predicted molar refractivity (Wildman–Crippen MR) is 99.4 cm³/mol. The first-order valence-electron chi connectivity index (χ1n) is 9.63. The fourth-order valence-electron chi connectivity index (χ4n) is 3.91. The summed E-state index contributed by atoms with van der Waals surface area (Å²) >= 11 is 0. The van der Waals surface area contributed by atoms with Crippen molar-refractivity contribution in [2.24, 2.45) is 5.92 Å². The Morgan fingerprint density at radius 2 is 1.92 bits per heavy atom. The molecule has 2 saturated heterocycles. The standard InChI is InChI=1S/C20H31N3O2/c1-16-9-12-22(13-10-16)19(17-6-3-2-4-7-17)14-21-20(25)23-11-5-8-18(24)15-23/h2-4,6-7,16,18-19,24H,5,8-15H2,1H3,(H,21,25). The van der Waals surface area contributed by atoms with Crippen LogP contribution in [0, 0.1) is 5.92 Å². The van der Waals surface area contributed by atoms with Crippen LogP contribution in [0.3, 0.4) is 0 Å². The summed E-state index contributed by atoms with van der Waals surface area (Å²) in [7, 11) is 0. The number of aliphatic hydroxyl groups excluding tert-OH is 1. The van der Waals surface area contributed by atoms with E-state index in [1.165, 1.54) is 18.4 Å². The third kappa shape index (κ3) is 4.95. The van der Waals surface area contributed by atoms with Gasteiger partial charge in [-0.05, 0) is 50.3 Å². The molecular weight excluding hydrogens is 314 g/mol. The molecule has 2 aliphatic rings. The lowest BCUT2D eigenvalue weighted by atomic mass is 9.95. The molecule has 2 fully saturated rings. The first-order chi connectivity index (χ1) is 12.1. The fourth-order valence-corrected chi connectivity index (χ4v) is 3.91. The average molecular weight is 345 g/mol. The number of aliphatic hydroxyl groups is 1. The van der Waals surface area contributed by atoms with Crippen molar-refractivity contribution in [3.8, 4) is 0 Å². The number of carbonyl (C=O) groups is 1. The lowest BCUT2D eigenvalue weighted by Gasteiger charge is -2.38. The summed E-state index contributed by atoms with van der Waals surface area (Å²) in [6, 6.07) is 10.6. The molecule has 0 aromatic heterocycles. The maximum atomic E-state index is 12.5. The summed E-state index contributed by atoms with van der Waals surface area (Å²) in [5.74, 6) is 0.789. The molecule has 2 amide bonds. The van der Waals surface area contributed by atoms with E-state index < -0.39 is 0 Å². The monoisotopic (exact) mass is 345 g/mol. The van der Waals surface area contributed by atoms with Crippen LogP contribution in [-0.2, 0) is 0 Å². The van der Waals surface area contributed by atoms with E-state index in [2.05, 4.69) is 41.4 Å². The molecule has 0 spiro atoms. The van der Waals surface area contributed by atoms with E-state index in [9.17, 15) is 9.90 Å². The second-order valence-corrected chi connectivity index (χ2v) is 7.57. The Morgan fingerprint density at radius 3 is 2.60 bits per heavy atom. The molecule has 2 atom stereocenters. The second-order valence-electron chi connectivity index (χ2n) is 7.57. The molecule has 2 heterocycles. The van der Waals surface area contributed by atoms with Crippen molar-refractivity contribution in [3.05, 3.63) is 35.9 Å². The summed E-state index contributed by atoms with van der Waals surface area (Å²) < 4.78 is 0. The first kappa shape index (κ1) is 18.2. The highest BCUT2D eigenvalue weighted by Gasteiger charge is 2.27. The van der Waals surface area contributed by atoms with Gasteiger partial charge in [0.2, 0.25) is 0 Å². The highest BCUT2D eigenvalue weighted by atomic mass is 16.3. The number of nitrogens with zero attached hydrogens (tertiary/aromatic N) is 2. The zero-order chi connectivity index (χ0) is 17.6. The molecular formula is C20H31N3O2. The van der Waals surface area contributed by atoms with Crippen molar-refractivity contribution in [2.75, 3.05) is 32.7 Å². The fraction of sp³-hybridized carbons (Fsp3) is 0.650. The normalized spacial score (nSPS) is 24.1. The van der Waals surface area contributed by atoms with Crippen LogP contribution in [0.1, 0.15) is 44.2 Å². The first-order valence-corrected chi connectivity index (χ1v) is 9.63. The molecule has 138 valence electrons. The third-order valence-electron chi connectivity index (χ3n) is 5.57. The molecule has 3 rings (SSSR count). The Hall–Kier alpha value is -1.59. The van der Waals surface area contributed by atoms with E-state index in [0.717, 1.165) is 38.4 Å². The van der Waals surface area contributed by atoms with Gasteiger partial charge in [-0.3, -0.25) is 4.90 Å². The van der Waals surface area contributed by atoms with Crippen molar-refractivity contribution in [1.29, 1.82) is 0 Å². The quantitative estimate of drug-likeness (QED) is 0.882. The molecule has 2 N–H and O–H groups in total. The van der Waals surface area contributed by atoms with Gasteiger partial charge in [-0.2, -0.15) is 0 Å². The Morgan fingerprint density at radius 1 is 1.20 bits per heavy atom. The van der Waals surface area contributed by atoms with Gasteiger partial charge in [0.1, 0.15) is 0 Å². The predicted octanol–water partition coefficient (Wildman–Crippen LogP) is 2.63. The maximum Gasteiger partial charge on any atom is 0.317 e. The van der Waals surface area contributed by atoms with Crippen LogP contribution in [0.25, 0.3) is 0 Å². The van der Waals surface area contributed by atoms with Crippen LogP contribution >= 0.6 is 0 Å². The molecule has 2 unspecified atom stereocenters. The molecule has 2 aliphatic heterocycles. The largest absolute Gasteiger partial charge is 0.391 e. The van der Waals surface area contributed by atoms with Crippen molar-refractivity contribution >= 4 is 6.03 Å². The summed E-state index contributed by atoms with van der Waals surface area (Å²) in [6.07, 6.45) is 3.72. The minimum absolute atomic E-state index is 0.0509. The molecule has 0 radical (unpaired) electrons. The van der Waals surface area contributed by atoms with E-state index in [0.29, 0.717) is 13.1 Å². The van der Waals surface area contributed by atoms with E-state index in [4.69, 9.17) is 0 Å². The molecule has 5 nitrogen and oxygen atoms in total. The number of urea groups is 1. The Bertz CT molecular complexity index is 543. The molecule has 1 aromatic carbocycles. The van der Waals surface area contributed by atoms with Gasteiger partial charge in [-0.15, -0.1) is 0 Å². The van der Waals surface area contributed by atoms with Gasteiger partial charge in [0.15, 0.2) is 0 Å². The summed E-state index contributed by atoms with van der Waals surface area (Å²) in [5.41, 5.74) is 1.26. The molecule has 0 bridgehead atoms. The lowest BCUT2D eigenvalue weighted by molar-refractivity contribution is 0.0823. The lowest BCUT2D eigenvalue weighted by Crippen LogP contribution is -2.49. The molecule has 0 saturated carbocycles. The van der Waals surface area contributed by atoms with E-state index >= 15 is 0 Å². The number of hydrogen-bond acceptors (Lipinski definition) is 3. The smallest absolute Gasteiger partial charge is 0.317 e. The van der Waals surface area contributed by atoms with Gasteiger partial charge in [-0.1, -0.05) is 37.3 Å². The Balaban J connectivity index is 1.62. The number of rotatable bonds is 4. The van der Waals surface area contributed by atoms with Crippen LogP contribution in [0.5, 0.6) is 0 Å². The minimum Gasteiger partial charge on any atom is -0.391 e. The average Bonchev–Trinajstić information content (AvgIpc) is 2.64. The van der Waals surface area contributed by atoms with Gasteiger partial charge in [0, 0.05) is 19.6 Å². The topological polar surface area (TPSA) is 55.8 Å². The highest BCUT2D eigenvalue weighted by Crippen LogP contribution is 2.26. The van der Waals surface area contributed by atoms with Crippen molar-refractivity contribution in [1.82, 2.24) is 15.1 Å². The SMILES string of the molecule is CC1CCN(C(CNC(=O)N2CCCC(O)C2)c2ccccc2)CC1. The van der Waals surface area contributed by atoms with E-state index in [-0.39, 0.29) is 18.2 Å². The summed E-state index contributed by atoms with van der Waals surface area (Å²) in [6.45, 7) is 6.28. The molecule has 0 aliphatic carbocycles. The van der Waals surface area contributed by atoms with E-state index in [1.807, 2.05) is 6.07 Å². The molecule has 25 heavy (non-hydrogen) atoms. The van der Waals surface area contributed by atoms with Gasteiger partial charge >= 0.3 is 6.03 Å². The Kier molecular flexibility index (Phi) is 6.32. The van der Waals surface area contributed by atoms with Crippen LogP contribution in [0.15, 0.2) is 30.3 Å². The minimum atomic E-state index is -0.381. The number of piperidine rings is 2. The van der Waals surface area contributed by atoms with Gasteiger partial charge in [-0.25, -0.2) is 4.79 Å². The zero-order valence-corrected chi connectivity index (χ0v) is 15.2. The van der Waals surface area contributed by atoms with Crippen molar-refractivity contribution in [2.45, 2.75) is 44.8 Å². The molecule has 1 aromatic rings. The van der Waals surface area contributed by atoms with Crippen molar-refractivity contribution in [3.63, 3.8) is 0 Å². The molecule has 5 heteroatoms. The summed E-state index contributed by atoms with van der Waals surface area (Å²) in [4.78, 5) is 16.7. The number of nitrogens with one attached hydrogen (secondary N) is 1. The van der Waals surface area contributed by atoms with Crippen molar-refractivity contribution < 1.29 is 9.90 Å². The number of β-amino-alcohol motifs (C(OH)–C–C–N with tert-alkyl or cyclic N) is 1. The Labute approximate surface area is 151 Å². The second kappa shape index (κ2) is 8.68. The highest BCUT2D eigenvalue weighted by molar-refractivity contribution is 5.74. The number of hydrogen-bond donors (Lipinski definition) is 2. The maximum absolute atomic E-state index is 12.5. The number of benzene rings is 1. The zero-order valence-electron chi connectivity index (χ0n) is 15.2. The van der Waals surface area contributed by atoms with E-state index in [1.54, 1.807) is 4.90 Å². The number of likely N-dealkylation sites (tertiary alicyclic amines) is 2. The van der Waals surface area contributed by atoms with Gasteiger partial charge in [0.25, 0.3) is 0 Å². The van der Waals surface area contributed by atoms with Crippen LogP contribution in [0.4, 0.5) is 4.79 Å². The summed E-state index contributed by atoms with van der Waals surface area (Å²) in [5, 5.41) is 12.9.